The number of aryl methyl sites for hydroxylation is 1. The lowest BCUT2D eigenvalue weighted by molar-refractivity contribution is -0.118. The molecule has 2 rings (SSSR count). The molecule has 0 fully saturated rings. The summed E-state index contributed by atoms with van der Waals surface area (Å²) in [7, 11) is 1.33. The van der Waals surface area contributed by atoms with Crippen LogP contribution in [0.4, 0.5) is 0 Å². The molecule has 0 unspecified atom stereocenters. The Labute approximate surface area is 156 Å². The standard InChI is InChI=1S/C18H20ClNO4S/c1-12-16(18(22)23-2)9-15(24-12)10-25-11-17(21)20-8-7-13-3-5-14(19)6-4-13/h3-6,9H,7-8,10-11H2,1-2H3,(H,20,21). The second kappa shape index (κ2) is 9.53. The Hall–Kier alpha value is -1.92. The van der Waals surface area contributed by atoms with Gasteiger partial charge in [0.15, 0.2) is 0 Å². The Morgan fingerprint density at radius 1 is 1.28 bits per heavy atom. The van der Waals surface area contributed by atoms with Gasteiger partial charge in [0.1, 0.15) is 17.1 Å². The number of amides is 1. The molecule has 0 atom stereocenters. The molecule has 0 spiro atoms. The highest BCUT2D eigenvalue weighted by Gasteiger charge is 2.15. The summed E-state index contributed by atoms with van der Waals surface area (Å²) in [5, 5.41) is 3.58. The maximum Gasteiger partial charge on any atom is 0.341 e. The van der Waals surface area contributed by atoms with Crippen molar-refractivity contribution < 1.29 is 18.7 Å². The van der Waals surface area contributed by atoms with Gasteiger partial charge in [0.05, 0.1) is 18.6 Å². The lowest BCUT2D eigenvalue weighted by Crippen LogP contribution is -2.27. The van der Waals surface area contributed by atoms with Crippen LogP contribution in [0.5, 0.6) is 0 Å². The third-order valence-corrected chi connectivity index (χ3v) is 4.71. The van der Waals surface area contributed by atoms with Gasteiger partial charge in [-0.1, -0.05) is 23.7 Å². The van der Waals surface area contributed by atoms with Crippen molar-refractivity contribution in [3.8, 4) is 0 Å². The highest BCUT2D eigenvalue weighted by atomic mass is 35.5. The fourth-order valence-corrected chi connectivity index (χ4v) is 3.08. The molecular formula is C18H20ClNO4S. The van der Waals surface area contributed by atoms with Crippen molar-refractivity contribution in [3.05, 3.63) is 58.0 Å². The van der Waals surface area contributed by atoms with Gasteiger partial charge in [-0.2, -0.15) is 0 Å². The van der Waals surface area contributed by atoms with Crippen LogP contribution in [-0.2, 0) is 21.7 Å². The van der Waals surface area contributed by atoms with Gasteiger partial charge in [-0.25, -0.2) is 4.79 Å². The summed E-state index contributed by atoms with van der Waals surface area (Å²) in [5.74, 6) is 1.57. The molecule has 0 aliphatic carbocycles. The smallest absolute Gasteiger partial charge is 0.341 e. The van der Waals surface area contributed by atoms with Gasteiger partial charge < -0.3 is 14.5 Å². The zero-order valence-corrected chi connectivity index (χ0v) is 15.7. The van der Waals surface area contributed by atoms with E-state index in [4.69, 9.17) is 16.0 Å². The predicted octanol–water partition coefficient (Wildman–Crippen LogP) is 3.62. The fourth-order valence-electron chi connectivity index (χ4n) is 2.22. The second-order valence-electron chi connectivity index (χ2n) is 5.39. The Bertz CT molecular complexity index is 727. The van der Waals surface area contributed by atoms with E-state index in [0.29, 0.717) is 40.2 Å². The molecule has 1 aromatic heterocycles. The molecular weight excluding hydrogens is 362 g/mol. The number of hydrogen-bond donors (Lipinski definition) is 1. The fraction of sp³-hybridized carbons (Fsp3) is 0.333. The number of hydrogen-bond acceptors (Lipinski definition) is 5. The van der Waals surface area contributed by atoms with Crippen LogP contribution in [0.1, 0.15) is 27.4 Å². The lowest BCUT2D eigenvalue weighted by Gasteiger charge is -2.05. The highest BCUT2D eigenvalue weighted by Crippen LogP contribution is 2.20. The van der Waals surface area contributed by atoms with Crippen LogP contribution in [0.2, 0.25) is 5.02 Å². The number of methoxy groups -OCH3 is 1. The number of thioether (sulfide) groups is 1. The van der Waals surface area contributed by atoms with Gasteiger partial charge in [0, 0.05) is 11.6 Å². The number of carbonyl (C=O) groups excluding carboxylic acids is 2. The zero-order valence-electron chi connectivity index (χ0n) is 14.1. The van der Waals surface area contributed by atoms with Crippen molar-refractivity contribution in [1.29, 1.82) is 0 Å². The summed E-state index contributed by atoms with van der Waals surface area (Å²) < 4.78 is 10.2. The molecule has 0 aliphatic heterocycles. The first kappa shape index (κ1) is 19.4. The summed E-state index contributed by atoms with van der Waals surface area (Å²) in [6, 6.07) is 9.22. The van der Waals surface area contributed by atoms with Gasteiger partial charge in [0.2, 0.25) is 5.91 Å². The molecule has 5 nitrogen and oxygen atoms in total. The Morgan fingerprint density at radius 3 is 2.68 bits per heavy atom. The first-order valence-electron chi connectivity index (χ1n) is 7.76. The first-order valence-corrected chi connectivity index (χ1v) is 9.29. The Balaban J connectivity index is 1.68. The van der Waals surface area contributed by atoms with Crippen LogP contribution in [-0.4, -0.2) is 31.3 Å². The van der Waals surface area contributed by atoms with E-state index in [1.165, 1.54) is 18.9 Å². The van der Waals surface area contributed by atoms with Gasteiger partial charge >= 0.3 is 5.97 Å². The van der Waals surface area contributed by atoms with E-state index in [-0.39, 0.29) is 5.91 Å². The lowest BCUT2D eigenvalue weighted by atomic mass is 10.1. The maximum absolute atomic E-state index is 11.8. The summed E-state index contributed by atoms with van der Waals surface area (Å²) in [6.45, 7) is 2.29. The molecule has 25 heavy (non-hydrogen) atoms. The van der Waals surface area contributed by atoms with E-state index in [1.807, 2.05) is 24.3 Å². The Morgan fingerprint density at radius 2 is 2.00 bits per heavy atom. The quantitative estimate of drug-likeness (QED) is 0.707. The number of carbonyl (C=O) groups is 2. The third-order valence-electron chi connectivity index (χ3n) is 3.50. The number of benzene rings is 1. The van der Waals surface area contributed by atoms with E-state index in [1.54, 1.807) is 13.0 Å². The van der Waals surface area contributed by atoms with Crippen LogP contribution < -0.4 is 5.32 Å². The van der Waals surface area contributed by atoms with E-state index in [0.717, 1.165) is 12.0 Å². The number of halogens is 1. The monoisotopic (exact) mass is 381 g/mol. The second-order valence-corrected chi connectivity index (χ2v) is 6.82. The van der Waals surface area contributed by atoms with E-state index < -0.39 is 5.97 Å². The zero-order chi connectivity index (χ0) is 18.2. The molecule has 0 aliphatic rings. The molecule has 0 saturated carbocycles. The molecule has 1 amide bonds. The Kier molecular flexibility index (Phi) is 7.40. The number of ether oxygens (including phenoxy) is 1. The normalized spacial score (nSPS) is 10.5. The SMILES string of the molecule is COC(=O)c1cc(CSCC(=O)NCCc2ccc(Cl)cc2)oc1C. The number of furan rings is 1. The van der Waals surface area contributed by atoms with Gasteiger partial charge in [0.25, 0.3) is 0 Å². The molecule has 0 saturated heterocycles. The average Bonchev–Trinajstić information content (AvgIpc) is 2.96. The first-order chi connectivity index (χ1) is 12.0. The largest absolute Gasteiger partial charge is 0.465 e. The molecule has 1 N–H and O–H groups in total. The molecule has 1 heterocycles. The van der Waals surface area contributed by atoms with Crippen LogP contribution in [0.3, 0.4) is 0 Å². The van der Waals surface area contributed by atoms with Gasteiger partial charge in [-0.15, -0.1) is 11.8 Å². The van der Waals surface area contributed by atoms with Gasteiger partial charge in [-0.05, 0) is 37.1 Å². The van der Waals surface area contributed by atoms with Crippen LogP contribution >= 0.6 is 23.4 Å². The topological polar surface area (TPSA) is 68.5 Å². The minimum atomic E-state index is -0.419. The summed E-state index contributed by atoms with van der Waals surface area (Å²) in [4.78, 5) is 23.4. The van der Waals surface area contributed by atoms with Crippen LogP contribution in [0, 0.1) is 6.92 Å². The summed E-state index contributed by atoms with van der Waals surface area (Å²) >= 11 is 7.26. The van der Waals surface area contributed by atoms with Crippen molar-refractivity contribution >= 4 is 35.2 Å². The molecule has 7 heteroatoms. The van der Waals surface area contributed by atoms with Gasteiger partial charge in [-0.3, -0.25) is 4.79 Å². The molecule has 2 aromatic rings. The van der Waals surface area contributed by atoms with Crippen molar-refractivity contribution in [2.75, 3.05) is 19.4 Å². The summed E-state index contributed by atoms with van der Waals surface area (Å²) in [6.07, 6.45) is 0.757. The van der Waals surface area contributed by atoms with Crippen molar-refractivity contribution in [1.82, 2.24) is 5.32 Å². The maximum atomic E-state index is 11.8. The molecule has 1 aromatic carbocycles. The van der Waals surface area contributed by atoms with E-state index in [2.05, 4.69) is 10.1 Å². The number of esters is 1. The van der Waals surface area contributed by atoms with Crippen LogP contribution in [0.15, 0.2) is 34.7 Å². The van der Waals surface area contributed by atoms with Crippen molar-refractivity contribution in [3.63, 3.8) is 0 Å². The minimum Gasteiger partial charge on any atom is -0.465 e. The molecule has 134 valence electrons. The number of rotatable bonds is 8. The van der Waals surface area contributed by atoms with Crippen molar-refractivity contribution in [2.45, 2.75) is 19.1 Å². The predicted molar refractivity (Wildman–Crippen MR) is 99.1 cm³/mol. The summed E-state index contributed by atoms with van der Waals surface area (Å²) in [5.41, 5.74) is 1.55. The van der Waals surface area contributed by atoms with Crippen molar-refractivity contribution in [2.24, 2.45) is 0 Å². The van der Waals surface area contributed by atoms with E-state index in [9.17, 15) is 9.59 Å². The highest BCUT2D eigenvalue weighted by molar-refractivity contribution is 7.99. The molecule has 0 radical (unpaired) electrons. The van der Waals surface area contributed by atoms with Crippen LogP contribution in [0.25, 0.3) is 0 Å². The molecule has 0 bridgehead atoms. The average molecular weight is 382 g/mol. The third kappa shape index (κ3) is 6.14. The minimum absolute atomic E-state index is 0.0320. The van der Waals surface area contributed by atoms with E-state index >= 15 is 0 Å². The number of nitrogens with one attached hydrogen (secondary N) is 1.